The Morgan fingerprint density at radius 1 is 1.44 bits per heavy atom. The molecule has 2 rings (SSSR count). The van der Waals surface area contributed by atoms with Crippen molar-refractivity contribution in [2.75, 3.05) is 6.54 Å². The summed E-state index contributed by atoms with van der Waals surface area (Å²) in [6.07, 6.45) is 2.49. The molecule has 1 nitrogen and oxygen atoms in total. The van der Waals surface area contributed by atoms with Crippen molar-refractivity contribution < 1.29 is 4.39 Å². The Morgan fingerprint density at radius 3 is 2.75 bits per heavy atom. The molecule has 3 heteroatoms. The minimum atomic E-state index is -0.285. The van der Waals surface area contributed by atoms with Crippen molar-refractivity contribution >= 4 is 11.6 Å². The molecule has 0 bridgehead atoms. The van der Waals surface area contributed by atoms with E-state index in [2.05, 4.69) is 5.32 Å². The molecule has 88 valence electrons. The third-order valence-corrected chi connectivity index (χ3v) is 3.38. The average molecular weight is 242 g/mol. The maximum atomic E-state index is 13.9. The second kappa shape index (κ2) is 4.34. The van der Waals surface area contributed by atoms with Gasteiger partial charge in [-0.2, -0.15) is 0 Å². The van der Waals surface area contributed by atoms with Crippen molar-refractivity contribution in [1.82, 2.24) is 5.32 Å². The van der Waals surface area contributed by atoms with Gasteiger partial charge in [0.2, 0.25) is 0 Å². The van der Waals surface area contributed by atoms with E-state index in [1.807, 2.05) is 19.9 Å². The van der Waals surface area contributed by atoms with Gasteiger partial charge in [-0.1, -0.05) is 37.6 Å². The largest absolute Gasteiger partial charge is 0.313 e. The SMILES string of the molecule is CC(C)(CNC1CC1)c1cccc(Cl)c1F. The second-order valence-corrected chi connectivity index (χ2v) is 5.55. The molecule has 0 spiro atoms. The molecule has 0 aromatic heterocycles. The van der Waals surface area contributed by atoms with Gasteiger partial charge in [-0.05, 0) is 24.5 Å². The summed E-state index contributed by atoms with van der Waals surface area (Å²) in [6, 6.07) is 5.85. The van der Waals surface area contributed by atoms with Gasteiger partial charge < -0.3 is 5.32 Å². The molecule has 0 atom stereocenters. The van der Waals surface area contributed by atoms with E-state index in [1.165, 1.54) is 12.8 Å². The van der Waals surface area contributed by atoms with Crippen LogP contribution in [0.5, 0.6) is 0 Å². The first-order valence-electron chi connectivity index (χ1n) is 5.68. The van der Waals surface area contributed by atoms with Crippen LogP contribution < -0.4 is 5.32 Å². The average Bonchev–Trinajstić information content (AvgIpc) is 3.03. The highest BCUT2D eigenvalue weighted by atomic mass is 35.5. The summed E-state index contributed by atoms with van der Waals surface area (Å²) in [5, 5.41) is 3.64. The lowest BCUT2D eigenvalue weighted by Crippen LogP contribution is -2.34. The molecule has 0 radical (unpaired) electrons. The van der Waals surface area contributed by atoms with E-state index in [0.717, 1.165) is 6.54 Å². The van der Waals surface area contributed by atoms with Crippen LogP contribution in [0.25, 0.3) is 0 Å². The topological polar surface area (TPSA) is 12.0 Å². The van der Waals surface area contributed by atoms with Crippen LogP contribution in [-0.4, -0.2) is 12.6 Å². The predicted octanol–water partition coefficient (Wildman–Crippen LogP) is 3.51. The maximum absolute atomic E-state index is 13.9. The summed E-state index contributed by atoms with van der Waals surface area (Å²) in [5.41, 5.74) is 0.463. The van der Waals surface area contributed by atoms with Gasteiger partial charge in [0, 0.05) is 18.0 Å². The van der Waals surface area contributed by atoms with E-state index in [-0.39, 0.29) is 16.3 Å². The molecule has 1 N–H and O–H groups in total. The lowest BCUT2D eigenvalue weighted by atomic mass is 9.84. The molecule has 0 amide bonds. The molecule has 1 aliphatic carbocycles. The number of hydrogen-bond acceptors (Lipinski definition) is 1. The molecule has 0 unspecified atom stereocenters. The first-order chi connectivity index (χ1) is 7.50. The molecule has 1 aliphatic rings. The Hall–Kier alpha value is -0.600. The molecule has 0 saturated heterocycles. The first kappa shape index (κ1) is 11.9. The standard InChI is InChI=1S/C13H17ClFN/c1-13(2,8-16-9-6-7-9)10-4-3-5-11(14)12(10)15/h3-5,9,16H,6-8H2,1-2H3. The van der Waals surface area contributed by atoms with Crippen LogP contribution in [0.4, 0.5) is 4.39 Å². The quantitative estimate of drug-likeness (QED) is 0.851. The fraction of sp³-hybridized carbons (Fsp3) is 0.538. The number of nitrogens with one attached hydrogen (secondary N) is 1. The summed E-state index contributed by atoms with van der Waals surface area (Å²) < 4.78 is 13.9. The zero-order chi connectivity index (χ0) is 11.8. The molecule has 1 fully saturated rings. The van der Waals surface area contributed by atoms with Crippen LogP contribution in [0.15, 0.2) is 18.2 Å². The van der Waals surface area contributed by atoms with Crippen molar-refractivity contribution in [2.24, 2.45) is 0 Å². The predicted molar refractivity (Wildman–Crippen MR) is 65.5 cm³/mol. The summed E-state index contributed by atoms with van der Waals surface area (Å²) in [5.74, 6) is -0.285. The number of halogens is 2. The van der Waals surface area contributed by atoms with Crippen LogP contribution >= 0.6 is 11.6 Å². The first-order valence-corrected chi connectivity index (χ1v) is 6.06. The highest BCUT2D eigenvalue weighted by Gasteiger charge is 2.28. The smallest absolute Gasteiger partial charge is 0.145 e. The lowest BCUT2D eigenvalue weighted by molar-refractivity contribution is 0.443. The van der Waals surface area contributed by atoms with E-state index in [0.29, 0.717) is 11.6 Å². The van der Waals surface area contributed by atoms with Crippen LogP contribution in [0.3, 0.4) is 0 Å². The fourth-order valence-corrected chi connectivity index (χ4v) is 1.98. The minimum absolute atomic E-state index is 0.206. The molecule has 1 saturated carbocycles. The van der Waals surface area contributed by atoms with Crippen LogP contribution in [0.2, 0.25) is 5.02 Å². The zero-order valence-electron chi connectivity index (χ0n) is 9.69. The monoisotopic (exact) mass is 241 g/mol. The number of rotatable bonds is 4. The molecule has 1 aromatic carbocycles. The van der Waals surface area contributed by atoms with Gasteiger partial charge in [0.15, 0.2) is 0 Å². The molecule has 1 aromatic rings. The Balaban J connectivity index is 2.16. The van der Waals surface area contributed by atoms with E-state index < -0.39 is 0 Å². The lowest BCUT2D eigenvalue weighted by Gasteiger charge is -2.26. The summed E-state index contributed by atoms with van der Waals surface area (Å²) in [6.45, 7) is 4.86. The number of benzene rings is 1. The second-order valence-electron chi connectivity index (χ2n) is 5.14. The van der Waals surface area contributed by atoms with Gasteiger partial charge in [-0.15, -0.1) is 0 Å². The van der Waals surface area contributed by atoms with E-state index in [1.54, 1.807) is 12.1 Å². The normalized spacial score (nSPS) is 16.5. The minimum Gasteiger partial charge on any atom is -0.313 e. The molecule has 0 aliphatic heterocycles. The molecular formula is C13H17ClFN. The maximum Gasteiger partial charge on any atom is 0.145 e. The Labute approximate surface area is 101 Å². The summed E-state index contributed by atoms with van der Waals surface area (Å²) in [7, 11) is 0. The van der Waals surface area contributed by atoms with Gasteiger partial charge in [0.1, 0.15) is 5.82 Å². The van der Waals surface area contributed by atoms with Crippen molar-refractivity contribution in [3.05, 3.63) is 34.6 Å². The highest BCUT2D eigenvalue weighted by Crippen LogP contribution is 2.30. The van der Waals surface area contributed by atoms with Crippen LogP contribution in [0, 0.1) is 5.82 Å². The summed E-state index contributed by atoms with van der Waals surface area (Å²) >= 11 is 5.80. The Kier molecular flexibility index (Phi) is 3.22. The Bertz CT molecular complexity index is 386. The van der Waals surface area contributed by atoms with E-state index in [9.17, 15) is 4.39 Å². The summed E-state index contributed by atoms with van der Waals surface area (Å²) in [4.78, 5) is 0. The fourth-order valence-electron chi connectivity index (χ4n) is 1.81. The van der Waals surface area contributed by atoms with Crippen LogP contribution in [0.1, 0.15) is 32.3 Å². The van der Waals surface area contributed by atoms with Gasteiger partial charge in [-0.3, -0.25) is 0 Å². The van der Waals surface area contributed by atoms with Crippen LogP contribution in [-0.2, 0) is 5.41 Å². The Morgan fingerprint density at radius 2 is 2.12 bits per heavy atom. The molecular weight excluding hydrogens is 225 g/mol. The van der Waals surface area contributed by atoms with Gasteiger partial charge in [-0.25, -0.2) is 4.39 Å². The van der Waals surface area contributed by atoms with Crippen molar-refractivity contribution in [3.63, 3.8) is 0 Å². The van der Waals surface area contributed by atoms with Crippen molar-refractivity contribution in [2.45, 2.75) is 38.1 Å². The third kappa shape index (κ3) is 2.55. The zero-order valence-corrected chi connectivity index (χ0v) is 10.4. The molecule has 16 heavy (non-hydrogen) atoms. The van der Waals surface area contributed by atoms with Gasteiger partial charge in [0.05, 0.1) is 5.02 Å². The van der Waals surface area contributed by atoms with E-state index in [4.69, 9.17) is 11.6 Å². The number of hydrogen-bond donors (Lipinski definition) is 1. The van der Waals surface area contributed by atoms with Crippen molar-refractivity contribution in [1.29, 1.82) is 0 Å². The van der Waals surface area contributed by atoms with Gasteiger partial charge in [0.25, 0.3) is 0 Å². The highest BCUT2D eigenvalue weighted by molar-refractivity contribution is 6.30. The van der Waals surface area contributed by atoms with Crippen molar-refractivity contribution in [3.8, 4) is 0 Å². The molecule has 0 heterocycles. The van der Waals surface area contributed by atoms with Gasteiger partial charge >= 0.3 is 0 Å². The van der Waals surface area contributed by atoms with E-state index >= 15 is 0 Å². The third-order valence-electron chi connectivity index (χ3n) is 3.09.